The van der Waals surface area contributed by atoms with Crippen molar-refractivity contribution in [1.82, 2.24) is 10.6 Å². The molecule has 0 radical (unpaired) electrons. The summed E-state index contributed by atoms with van der Waals surface area (Å²) in [5, 5.41) is 7.58. The molecular formula is C16H22ClN3O. The molecule has 2 N–H and O–H groups in total. The zero-order valence-corrected chi connectivity index (χ0v) is 13.1. The number of aliphatic imine (C=N–C) groups is 1. The Morgan fingerprint density at radius 3 is 2.76 bits per heavy atom. The van der Waals surface area contributed by atoms with Gasteiger partial charge in [0.1, 0.15) is 0 Å². The topological polar surface area (TPSA) is 45.7 Å². The van der Waals surface area contributed by atoms with Gasteiger partial charge in [0.25, 0.3) is 0 Å². The van der Waals surface area contributed by atoms with Crippen molar-refractivity contribution in [2.45, 2.75) is 51.0 Å². The molecule has 4 nitrogen and oxygen atoms in total. The lowest BCUT2D eigenvalue weighted by atomic mass is 9.96. The number of ether oxygens (including phenoxy) is 1. The highest BCUT2D eigenvalue weighted by molar-refractivity contribution is 6.30. The molecule has 2 bridgehead atoms. The van der Waals surface area contributed by atoms with Crippen LogP contribution in [0.3, 0.4) is 0 Å². The third-order valence-corrected chi connectivity index (χ3v) is 4.36. The predicted molar refractivity (Wildman–Crippen MR) is 85.7 cm³/mol. The number of nitrogens with one attached hydrogen (secondary N) is 2. The minimum absolute atomic E-state index is 0.356. The number of rotatable bonds is 4. The summed E-state index contributed by atoms with van der Waals surface area (Å²) in [7, 11) is 0. The van der Waals surface area contributed by atoms with Gasteiger partial charge in [0.15, 0.2) is 5.96 Å². The van der Waals surface area contributed by atoms with E-state index in [1.807, 2.05) is 24.3 Å². The van der Waals surface area contributed by atoms with Crippen LogP contribution in [0, 0.1) is 0 Å². The lowest BCUT2D eigenvalue weighted by Gasteiger charge is -2.22. The Morgan fingerprint density at radius 1 is 1.33 bits per heavy atom. The van der Waals surface area contributed by atoms with Gasteiger partial charge in [-0.15, -0.1) is 0 Å². The molecule has 0 spiro atoms. The van der Waals surface area contributed by atoms with Gasteiger partial charge in [0.2, 0.25) is 0 Å². The average Bonchev–Trinajstić information content (AvgIpc) is 3.09. The summed E-state index contributed by atoms with van der Waals surface area (Å²) in [6.45, 7) is 3.58. The highest BCUT2D eigenvalue weighted by Crippen LogP contribution is 2.34. The Labute approximate surface area is 130 Å². The Bertz CT molecular complexity index is 503. The molecule has 1 aromatic rings. The molecule has 2 saturated heterocycles. The van der Waals surface area contributed by atoms with Gasteiger partial charge in [0.05, 0.1) is 24.8 Å². The summed E-state index contributed by atoms with van der Waals surface area (Å²) in [5.74, 6) is 0.869. The first kappa shape index (κ1) is 14.7. The second-order valence-electron chi connectivity index (χ2n) is 5.68. The van der Waals surface area contributed by atoms with Gasteiger partial charge in [-0.3, -0.25) is 0 Å². The first-order chi connectivity index (χ1) is 10.2. The fraction of sp³-hybridized carbons (Fsp3) is 0.562. The molecule has 3 atom stereocenters. The van der Waals surface area contributed by atoms with E-state index in [1.165, 1.54) is 12.8 Å². The summed E-state index contributed by atoms with van der Waals surface area (Å²) in [5.41, 5.74) is 1.15. The van der Waals surface area contributed by atoms with E-state index in [-0.39, 0.29) is 0 Å². The van der Waals surface area contributed by atoms with Crippen molar-refractivity contribution in [3.63, 3.8) is 0 Å². The fourth-order valence-electron chi connectivity index (χ4n) is 3.05. The molecule has 0 aliphatic carbocycles. The van der Waals surface area contributed by atoms with Crippen LogP contribution in [0.1, 0.15) is 31.7 Å². The van der Waals surface area contributed by atoms with Crippen LogP contribution < -0.4 is 10.6 Å². The largest absolute Gasteiger partial charge is 0.373 e. The number of guanidine groups is 1. The van der Waals surface area contributed by atoms with E-state index in [2.05, 4.69) is 22.5 Å². The number of nitrogens with zero attached hydrogens (tertiary/aromatic N) is 1. The van der Waals surface area contributed by atoms with Crippen LogP contribution in [-0.4, -0.2) is 30.8 Å². The summed E-state index contributed by atoms with van der Waals surface area (Å²) < 4.78 is 5.88. The highest BCUT2D eigenvalue weighted by atomic mass is 35.5. The van der Waals surface area contributed by atoms with E-state index < -0.39 is 0 Å². The molecule has 3 unspecified atom stereocenters. The van der Waals surface area contributed by atoms with Crippen molar-refractivity contribution < 1.29 is 4.74 Å². The Morgan fingerprint density at radius 2 is 2.14 bits per heavy atom. The molecule has 2 aliphatic heterocycles. The molecule has 0 amide bonds. The van der Waals surface area contributed by atoms with Crippen molar-refractivity contribution in [3.8, 4) is 0 Å². The second-order valence-corrected chi connectivity index (χ2v) is 6.12. The summed E-state index contributed by atoms with van der Waals surface area (Å²) in [6, 6.07) is 8.21. The molecule has 1 aromatic carbocycles. The molecule has 5 heteroatoms. The summed E-state index contributed by atoms with van der Waals surface area (Å²) in [4.78, 5) is 4.66. The first-order valence-electron chi connectivity index (χ1n) is 7.69. The van der Waals surface area contributed by atoms with Crippen LogP contribution >= 0.6 is 11.6 Å². The fourth-order valence-corrected chi connectivity index (χ4v) is 3.17. The molecule has 21 heavy (non-hydrogen) atoms. The Hall–Kier alpha value is -1.26. The van der Waals surface area contributed by atoms with Gasteiger partial charge in [-0.25, -0.2) is 4.99 Å². The summed E-state index contributed by atoms with van der Waals surface area (Å²) >= 11 is 5.90. The Kier molecular flexibility index (Phi) is 4.66. The molecule has 3 rings (SSSR count). The van der Waals surface area contributed by atoms with E-state index in [4.69, 9.17) is 16.3 Å². The standard InChI is InChI=1S/C16H22ClN3O/c1-2-18-16(19-10-11-3-5-12(17)6-4-11)20-14-9-13-7-8-15(14)21-13/h3-6,13-15H,2,7-10H2,1H3,(H2,18,19,20). The van der Waals surface area contributed by atoms with E-state index in [0.29, 0.717) is 24.8 Å². The number of hydrogen-bond donors (Lipinski definition) is 2. The smallest absolute Gasteiger partial charge is 0.191 e. The first-order valence-corrected chi connectivity index (χ1v) is 8.07. The molecular weight excluding hydrogens is 286 g/mol. The molecule has 2 aliphatic rings. The van der Waals surface area contributed by atoms with Gasteiger partial charge in [-0.2, -0.15) is 0 Å². The molecule has 0 aromatic heterocycles. The minimum atomic E-state index is 0.356. The van der Waals surface area contributed by atoms with Crippen LogP contribution in [-0.2, 0) is 11.3 Å². The molecule has 2 heterocycles. The maximum atomic E-state index is 5.90. The van der Waals surface area contributed by atoms with Gasteiger partial charge in [0, 0.05) is 11.6 Å². The maximum absolute atomic E-state index is 5.90. The monoisotopic (exact) mass is 307 g/mol. The zero-order valence-electron chi connectivity index (χ0n) is 12.3. The van der Waals surface area contributed by atoms with E-state index >= 15 is 0 Å². The van der Waals surface area contributed by atoms with Crippen molar-refractivity contribution >= 4 is 17.6 Å². The Balaban J connectivity index is 1.60. The molecule has 0 saturated carbocycles. The van der Waals surface area contributed by atoms with Crippen LogP contribution in [0.25, 0.3) is 0 Å². The maximum Gasteiger partial charge on any atom is 0.191 e. The van der Waals surface area contributed by atoms with E-state index in [1.54, 1.807) is 0 Å². The minimum Gasteiger partial charge on any atom is -0.373 e. The van der Waals surface area contributed by atoms with Crippen LogP contribution in [0.2, 0.25) is 5.02 Å². The van der Waals surface area contributed by atoms with Crippen LogP contribution in [0.5, 0.6) is 0 Å². The van der Waals surface area contributed by atoms with Gasteiger partial charge in [-0.1, -0.05) is 23.7 Å². The second kappa shape index (κ2) is 6.67. The quantitative estimate of drug-likeness (QED) is 0.664. The normalized spacial score (nSPS) is 27.9. The van der Waals surface area contributed by atoms with Gasteiger partial charge >= 0.3 is 0 Å². The third kappa shape index (κ3) is 3.69. The number of halogens is 1. The van der Waals surface area contributed by atoms with Crippen LogP contribution in [0.4, 0.5) is 0 Å². The lowest BCUT2D eigenvalue weighted by Crippen LogP contribution is -2.47. The third-order valence-electron chi connectivity index (χ3n) is 4.11. The number of hydrogen-bond acceptors (Lipinski definition) is 2. The number of benzene rings is 1. The van der Waals surface area contributed by atoms with E-state index in [0.717, 1.165) is 29.5 Å². The van der Waals surface area contributed by atoms with Crippen molar-refractivity contribution in [2.75, 3.05) is 6.54 Å². The van der Waals surface area contributed by atoms with Crippen molar-refractivity contribution in [3.05, 3.63) is 34.9 Å². The predicted octanol–water partition coefficient (Wildman–Crippen LogP) is 2.72. The lowest BCUT2D eigenvalue weighted by molar-refractivity contribution is 0.0992. The zero-order chi connectivity index (χ0) is 14.7. The average molecular weight is 308 g/mol. The van der Waals surface area contributed by atoms with Crippen LogP contribution in [0.15, 0.2) is 29.3 Å². The highest BCUT2D eigenvalue weighted by Gasteiger charge is 2.41. The van der Waals surface area contributed by atoms with Gasteiger partial charge in [-0.05, 0) is 43.9 Å². The van der Waals surface area contributed by atoms with E-state index in [9.17, 15) is 0 Å². The molecule has 114 valence electrons. The van der Waals surface area contributed by atoms with Crippen molar-refractivity contribution in [1.29, 1.82) is 0 Å². The summed E-state index contributed by atoms with van der Waals surface area (Å²) in [6.07, 6.45) is 4.28. The number of fused-ring (bicyclic) bond motifs is 2. The molecule has 2 fully saturated rings. The SMILES string of the molecule is CCNC(=NCc1ccc(Cl)cc1)NC1CC2CCC1O2. The van der Waals surface area contributed by atoms with Gasteiger partial charge < -0.3 is 15.4 Å². The van der Waals surface area contributed by atoms with Crippen molar-refractivity contribution in [2.24, 2.45) is 4.99 Å².